The second-order valence-corrected chi connectivity index (χ2v) is 14.4. The fourth-order valence-corrected chi connectivity index (χ4v) is 7.86. The molecule has 2 amide bonds. The van der Waals surface area contributed by atoms with Crippen LogP contribution < -0.4 is 15.4 Å². The Morgan fingerprint density at radius 1 is 1.04 bits per heavy atom. The summed E-state index contributed by atoms with van der Waals surface area (Å²) in [4.78, 5) is 34.9. The normalized spacial score (nSPS) is 23.0. The summed E-state index contributed by atoms with van der Waals surface area (Å²) in [6, 6.07) is 13.9. The summed E-state index contributed by atoms with van der Waals surface area (Å²) in [5.41, 5.74) is 3.25. The Kier molecular flexibility index (Phi) is 10.6. The van der Waals surface area contributed by atoms with Gasteiger partial charge >= 0.3 is 0 Å². The SMILES string of the molecule is CC(=O)NCCc1ccc(Cl)c(CN(C(=O)C2(c3ccncc3)CCC(N3CC[C@H](Oc4c(Cl)cc(C)cc4Cl)C3)NC2)C2CC2)c1. The number of hydrogen-bond acceptors (Lipinski definition) is 6. The van der Waals surface area contributed by atoms with Crippen LogP contribution >= 0.6 is 34.8 Å². The molecular weight excluding hydrogens is 657 g/mol. The van der Waals surface area contributed by atoms with E-state index in [0.29, 0.717) is 53.3 Å². The van der Waals surface area contributed by atoms with Gasteiger partial charge in [-0.1, -0.05) is 46.9 Å². The molecule has 0 bridgehead atoms. The molecule has 2 aromatic carbocycles. The molecule has 1 saturated carbocycles. The molecule has 0 radical (unpaired) electrons. The van der Waals surface area contributed by atoms with Crippen molar-refractivity contribution in [1.29, 1.82) is 0 Å². The quantitative estimate of drug-likeness (QED) is 0.244. The molecule has 3 aliphatic rings. The third kappa shape index (κ3) is 7.89. The number of rotatable bonds is 11. The van der Waals surface area contributed by atoms with Crippen molar-refractivity contribution in [3.63, 3.8) is 0 Å². The molecule has 2 saturated heterocycles. The smallest absolute Gasteiger partial charge is 0.235 e. The lowest BCUT2D eigenvalue weighted by Gasteiger charge is -2.45. The lowest BCUT2D eigenvalue weighted by molar-refractivity contribution is -0.140. The number of carbonyl (C=O) groups is 2. The van der Waals surface area contributed by atoms with E-state index in [0.717, 1.165) is 61.0 Å². The first kappa shape index (κ1) is 34.0. The van der Waals surface area contributed by atoms with Gasteiger partial charge in [0.15, 0.2) is 5.75 Å². The largest absolute Gasteiger partial charge is 0.486 e. The highest BCUT2D eigenvalue weighted by atomic mass is 35.5. The van der Waals surface area contributed by atoms with Crippen molar-refractivity contribution < 1.29 is 14.3 Å². The van der Waals surface area contributed by atoms with Crippen LogP contribution in [0, 0.1) is 6.92 Å². The zero-order valence-corrected chi connectivity index (χ0v) is 29.2. The Labute approximate surface area is 292 Å². The average Bonchev–Trinajstić information content (AvgIpc) is 3.79. The molecule has 3 fully saturated rings. The predicted octanol–water partition coefficient (Wildman–Crippen LogP) is 6.32. The van der Waals surface area contributed by atoms with Gasteiger partial charge in [0, 0.05) is 63.1 Å². The Morgan fingerprint density at radius 3 is 2.45 bits per heavy atom. The fraction of sp³-hybridized carbons (Fsp3) is 0.472. The van der Waals surface area contributed by atoms with E-state index < -0.39 is 5.41 Å². The number of likely N-dealkylation sites (tertiary alicyclic amines) is 1. The second kappa shape index (κ2) is 14.7. The maximum absolute atomic E-state index is 14.8. The standard InChI is InChI=1S/C36H42Cl3N5O3/c1-23-17-31(38)34(32(39)18-23)47-29-11-16-43(21-29)33-7-12-36(22-42-33,27-9-13-40-14-10-27)35(46)44(28-4-5-28)20-26-19-25(3-6-30(26)37)8-15-41-24(2)45/h3,6,9-10,13-14,17-19,28-29,33,42H,4-5,7-8,11-12,15-16,20-22H2,1-2H3,(H,41,45)/t29-,33?,36?/m0/s1. The van der Waals surface area contributed by atoms with Gasteiger partial charge in [-0.15, -0.1) is 0 Å². The first-order valence-electron chi connectivity index (χ1n) is 16.5. The van der Waals surface area contributed by atoms with Gasteiger partial charge in [0.25, 0.3) is 0 Å². The summed E-state index contributed by atoms with van der Waals surface area (Å²) >= 11 is 19.7. The zero-order chi connectivity index (χ0) is 33.1. The Bertz CT molecular complexity index is 1570. The topological polar surface area (TPSA) is 86.8 Å². The molecule has 0 spiro atoms. The van der Waals surface area contributed by atoms with Gasteiger partial charge < -0.3 is 20.3 Å². The van der Waals surface area contributed by atoms with Crippen LogP contribution in [0.25, 0.3) is 0 Å². The van der Waals surface area contributed by atoms with E-state index in [2.05, 4.69) is 31.5 Å². The van der Waals surface area contributed by atoms with Gasteiger partial charge in [-0.05, 0) is 98.0 Å². The van der Waals surface area contributed by atoms with Crippen LogP contribution in [0.5, 0.6) is 5.75 Å². The molecule has 3 atom stereocenters. The molecule has 2 aliphatic heterocycles. The average molecular weight is 699 g/mol. The molecule has 8 nitrogen and oxygen atoms in total. The third-order valence-electron chi connectivity index (χ3n) is 9.66. The molecular formula is C36H42Cl3N5O3. The first-order valence-corrected chi connectivity index (χ1v) is 17.6. The van der Waals surface area contributed by atoms with E-state index in [9.17, 15) is 9.59 Å². The number of aromatic nitrogens is 1. The minimum Gasteiger partial charge on any atom is -0.486 e. The number of nitrogens with zero attached hydrogens (tertiary/aromatic N) is 3. The molecule has 47 heavy (non-hydrogen) atoms. The lowest BCUT2D eigenvalue weighted by atomic mass is 9.73. The summed E-state index contributed by atoms with van der Waals surface area (Å²) in [6.07, 6.45) is 8.70. The van der Waals surface area contributed by atoms with Crippen LogP contribution in [0.3, 0.4) is 0 Å². The second-order valence-electron chi connectivity index (χ2n) is 13.2. The van der Waals surface area contributed by atoms with Crippen LogP contribution in [0.2, 0.25) is 15.1 Å². The number of amides is 2. The number of nitrogens with one attached hydrogen (secondary N) is 2. The summed E-state index contributed by atoms with van der Waals surface area (Å²) in [7, 11) is 0. The Morgan fingerprint density at radius 2 is 1.79 bits per heavy atom. The number of benzene rings is 2. The number of pyridine rings is 1. The minimum atomic E-state index is -0.726. The number of ether oxygens (including phenoxy) is 1. The number of halogens is 3. The summed E-state index contributed by atoms with van der Waals surface area (Å²) in [5, 5.41) is 8.33. The third-order valence-corrected chi connectivity index (χ3v) is 10.6. The van der Waals surface area contributed by atoms with Crippen molar-refractivity contribution in [3.8, 4) is 5.75 Å². The number of piperidine rings is 1. The van der Waals surface area contributed by atoms with Gasteiger partial charge in [0.05, 0.1) is 21.6 Å². The fourth-order valence-electron chi connectivity index (χ4n) is 7.00. The van der Waals surface area contributed by atoms with Crippen molar-refractivity contribution in [2.75, 3.05) is 26.2 Å². The van der Waals surface area contributed by atoms with E-state index in [4.69, 9.17) is 39.5 Å². The summed E-state index contributed by atoms with van der Waals surface area (Å²) in [5.74, 6) is 0.621. The van der Waals surface area contributed by atoms with Gasteiger partial charge in [-0.25, -0.2) is 0 Å². The van der Waals surface area contributed by atoms with Crippen molar-refractivity contribution >= 4 is 46.6 Å². The van der Waals surface area contributed by atoms with Gasteiger partial charge in [0.1, 0.15) is 6.10 Å². The van der Waals surface area contributed by atoms with E-state index >= 15 is 0 Å². The zero-order valence-electron chi connectivity index (χ0n) is 26.9. The molecule has 11 heteroatoms. The summed E-state index contributed by atoms with van der Waals surface area (Å²) in [6.45, 7) is 6.62. The van der Waals surface area contributed by atoms with Crippen LogP contribution in [-0.2, 0) is 28.0 Å². The highest BCUT2D eigenvalue weighted by Gasteiger charge is 2.49. The first-order chi connectivity index (χ1) is 22.6. The maximum atomic E-state index is 14.8. The Hall–Kier alpha value is -2.88. The van der Waals surface area contributed by atoms with Crippen LogP contribution in [0.15, 0.2) is 54.9 Å². The highest BCUT2D eigenvalue weighted by molar-refractivity contribution is 6.37. The Balaban J connectivity index is 1.16. The molecule has 3 heterocycles. The molecule has 6 rings (SSSR count). The molecule has 3 aromatic rings. The predicted molar refractivity (Wildman–Crippen MR) is 186 cm³/mol. The molecule has 1 aliphatic carbocycles. The number of carbonyl (C=O) groups excluding carboxylic acids is 2. The van der Waals surface area contributed by atoms with E-state index in [1.54, 1.807) is 12.4 Å². The number of hydrogen-bond donors (Lipinski definition) is 2. The number of aryl methyl sites for hydroxylation is 1. The van der Waals surface area contributed by atoms with Gasteiger partial charge in [-0.3, -0.25) is 19.5 Å². The molecule has 250 valence electrons. The monoisotopic (exact) mass is 697 g/mol. The van der Waals surface area contributed by atoms with Gasteiger partial charge in [-0.2, -0.15) is 0 Å². The van der Waals surface area contributed by atoms with E-state index in [-0.39, 0.29) is 30.1 Å². The van der Waals surface area contributed by atoms with Crippen LogP contribution in [0.1, 0.15) is 61.3 Å². The van der Waals surface area contributed by atoms with Crippen molar-refractivity contribution in [3.05, 3.63) is 92.2 Å². The van der Waals surface area contributed by atoms with Crippen molar-refractivity contribution in [2.45, 2.75) is 82.6 Å². The van der Waals surface area contributed by atoms with E-state index in [1.165, 1.54) is 6.92 Å². The highest BCUT2D eigenvalue weighted by Crippen LogP contribution is 2.41. The maximum Gasteiger partial charge on any atom is 0.235 e. The van der Waals surface area contributed by atoms with Gasteiger partial charge in [0.2, 0.25) is 11.8 Å². The van der Waals surface area contributed by atoms with Crippen molar-refractivity contribution in [1.82, 2.24) is 25.4 Å². The van der Waals surface area contributed by atoms with Crippen molar-refractivity contribution in [2.24, 2.45) is 0 Å². The van der Waals surface area contributed by atoms with Crippen LogP contribution in [0.4, 0.5) is 0 Å². The minimum absolute atomic E-state index is 0.0212. The lowest BCUT2D eigenvalue weighted by Crippen LogP contribution is -2.60. The van der Waals surface area contributed by atoms with Crippen LogP contribution in [-0.4, -0.2) is 71.1 Å². The molecule has 1 aromatic heterocycles. The molecule has 2 N–H and O–H groups in total. The summed E-state index contributed by atoms with van der Waals surface area (Å²) < 4.78 is 6.30. The molecule has 2 unspecified atom stereocenters. The van der Waals surface area contributed by atoms with E-state index in [1.807, 2.05) is 43.3 Å².